The molecule has 0 unspecified atom stereocenters. The van der Waals surface area contributed by atoms with E-state index < -0.39 is 16.4 Å². The molecule has 0 aliphatic rings. The fraction of sp³-hybridized carbons (Fsp3) is 0.727. The lowest BCUT2D eigenvalue weighted by Crippen LogP contribution is -2.11. The van der Waals surface area contributed by atoms with E-state index in [1.54, 1.807) is 0 Å². The zero-order valence-electron chi connectivity index (χ0n) is 9.93. The monoisotopic (exact) mass is 264 g/mol. The molecule has 0 bridgehead atoms. The van der Waals surface area contributed by atoms with E-state index in [0.717, 1.165) is 38.5 Å². The van der Waals surface area contributed by atoms with Gasteiger partial charge in [-0.1, -0.05) is 31.8 Å². The van der Waals surface area contributed by atoms with Crippen LogP contribution < -0.4 is 0 Å². The summed E-state index contributed by atoms with van der Waals surface area (Å²) in [4.78, 5) is 10.9. The fourth-order valence-corrected chi connectivity index (χ4v) is 1.74. The van der Waals surface area contributed by atoms with E-state index in [2.05, 4.69) is 10.8 Å². The predicted molar refractivity (Wildman–Crippen MR) is 64.8 cm³/mol. The van der Waals surface area contributed by atoms with Crippen molar-refractivity contribution in [3.05, 3.63) is 12.7 Å². The van der Waals surface area contributed by atoms with Crippen molar-refractivity contribution in [1.29, 1.82) is 0 Å². The molecular formula is C11H20O5S. The van der Waals surface area contributed by atoms with Crippen LogP contribution in [0.5, 0.6) is 0 Å². The first-order valence-electron chi connectivity index (χ1n) is 5.76. The minimum absolute atomic E-state index is 0.0203. The topological polar surface area (TPSA) is 80.7 Å². The molecule has 0 aliphatic heterocycles. The zero-order valence-corrected chi connectivity index (χ0v) is 10.7. The maximum absolute atomic E-state index is 10.9. The highest BCUT2D eigenvalue weighted by Crippen LogP contribution is 2.09. The maximum Gasteiger partial charge on any atom is 0.448 e. The quantitative estimate of drug-likeness (QED) is 0.372. The average Bonchev–Trinajstić information content (AvgIpc) is 2.19. The summed E-state index contributed by atoms with van der Waals surface area (Å²) in [5, 5.41) is 0. The Bertz CT molecular complexity index is 321. The Morgan fingerprint density at radius 2 is 1.65 bits per heavy atom. The molecule has 5 nitrogen and oxygen atoms in total. The van der Waals surface area contributed by atoms with Gasteiger partial charge in [0.1, 0.15) is 0 Å². The molecule has 0 rings (SSSR count). The molecule has 0 aliphatic carbocycles. The fourth-order valence-electron chi connectivity index (χ4n) is 1.42. The molecule has 0 aromatic carbocycles. The summed E-state index contributed by atoms with van der Waals surface area (Å²) in [7, 11) is -4.64. The molecule has 0 atom stereocenters. The second-order valence-corrected chi connectivity index (χ2v) is 4.85. The van der Waals surface area contributed by atoms with Gasteiger partial charge in [-0.2, -0.15) is 8.42 Å². The van der Waals surface area contributed by atoms with Crippen LogP contribution in [0.2, 0.25) is 0 Å². The summed E-state index contributed by atoms with van der Waals surface area (Å²) < 4.78 is 32.4. The van der Waals surface area contributed by atoms with Crippen molar-refractivity contribution in [3.8, 4) is 0 Å². The summed E-state index contributed by atoms with van der Waals surface area (Å²) in [5.74, 6) is -0.904. The molecule has 100 valence electrons. The number of hydrogen-bond donors (Lipinski definition) is 1. The highest BCUT2D eigenvalue weighted by Gasteiger charge is 2.11. The minimum atomic E-state index is -4.64. The molecule has 0 amide bonds. The number of hydrogen-bond acceptors (Lipinski definition) is 4. The van der Waals surface area contributed by atoms with E-state index in [9.17, 15) is 13.2 Å². The molecule has 6 heteroatoms. The summed E-state index contributed by atoms with van der Waals surface area (Å²) in [6.45, 7) is 3.64. The Kier molecular flexibility index (Phi) is 8.71. The van der Waals surface area contributed by atoms with Crippen LogP contribution in [0.15, 0.2) is 12.7 Å². The summed E-state index contributed by atoms with van der Waals surface area (Å²) >= 11 is 0. The van der Waals surface area contributed by atoms with E-state index in [4.69, 9.17) is 4.55 Å². The molecule has 0 fully saturated rings. The van der Waals surface area contributed by atoms with Crippen molar-refractivity contribution in [2.24, 2.45) is 0 Å². The number of carbonyl (C=O) groups excluding carboxylic acids is 1. The smallest absolute Gasteiger partial charge is 0.325 e. The molecule has 0 radical (unpaired) electrons. The molecule has 0 aromatic heterocycles. The zero-order chi connectivity index (χ0) is 13.1. The van der Waals surface area contributed by atoms with Gasteiger partial charge in [0.25, 0.3) is 0 Å². The molecular weight excluding hydrogens is 244 g/mol. The van der Waals surface area contributed by atoms with Gasteiger partial charge >= 0.3 is 16.4 Å². The second kappa shape index (κ2) is 9.18. The molecule has 0 heterocycles. The third kappa shape index (κ3) is 13.1. The van der Waals surface area contributed by atoms with Gasteiger partial charge in [-0.05, 0) is 19.3 Å². The average molecular weight is 264 g/mol. The van der Waals surface area contributed by atoms with E-state index in [1.807, 2.05) is 6.08 Å². The van der Waals surface area contributed by atoms with Crippen molar-refractivity contribution < 1.29 is 21.9 Å². The van der Waals surface area contributed by atoms with Gasteiger partial charge in [-0.25, -0.2) is 0 Å². The lowest BCUT2D eigenvalue weighted by atomic mass is 10.1. The van der Waals surface area contributed by atoms with Crippen molar-refractivity contribution in [1.82, 2.24) is 0 Å². The van der Waals surface area contributed by atoms with Crippen LogP contribution in [0.25, 0.3) is 0 Å². The molecule has 17 heavy (non-hydrogen) atoms. The van der Waals surface area contributed by atoms with Crippen LogP contribution in [-0.4, -0.2) is 18.9 Å². The van der Waals surface area contributed by atoms with E-state index in [-0.39, 0.29) is 6.42 Å². The molecule has 0 spiro atoms. The van der Waals surface area contributed by atoms with Crippen molar-refractivity contribution in [2.75, 3.05) is 0 Å². The number of rotatable bonds is 10. The van der Waals surface area contributed by atoms with E-state index >= 15 is 0 Å². The van der Waals surface area contributed by atoms with Crippen LogP contribution in [0.3, 0.4) is 0 Å². The van der Waals surface area contributed by atoms with Gasteiger partial charge in [0.05, 0.1) is 0 Å². The van der Waals surface area contributed by atoms with Gasteiger partial charge in [-0.15, -0.1) is 6.58 Å². The lowest BCUT2D eigenvalue weighted by molar-refractivity contribution is -0.134. The molecule has 1 N–H and O–H groups in total. The van der Waals surface area contributed by atoms with Gasteiger partial charge in [0, 0.05) is 6.42 Å². The van der Waals surface area contributed by atoms with Crippen molar-refractivity contribution in [2.45, 2.75) is 51.4 Å². The normalized spacial score (nSPS) is 11.1. The standard InChI is InChI=1S/C11H20O5S/c1-2-3-4-5-6-7-8-9-10-11(12)16-17(13,14)15/h2H,1,3-10H2,(H,13,14,15). The Morgan fingerprint density at radius 3 is 2.18 bits per heavy atom. The van der Waals surface area contributed by atoms with Crippen LogP contribution in [-0.2, 0) is 19.4 Å². The van der Waals surface area contributed by atoms with Gasteiger partial charge < -0.3 is 4.18 Å². The van der Waals surface area contributed by atoms with Crippen LogP contribution in [0.1, 0.15) is 51.4 Å². The minimum Gasteiger partial charge on any atom is -0.325 e. The van der Waals surface area contributed by atoms with E-state index in [1.165, 1.54) is 0 Å². The van der Waals surface area contributed by atoms with E-state index in [0.29, 0.717) is 6.42 Å². The van der Waals surface area contributed by atoms with Crippen molar-refractivity contribution >= 4 is 16.4 Å². The molecule has 0 saturated heterocycles. The van der Waals surface area contributed by atoms with Gasteiger partial charge in [0.2, 0.25) is 0 Å². The Hall–Kier alpha value is -0.880. The summed E-state index contributed by atoms with van der Waals surface area (Å²) in [5.41, 5.74) is 0. The first-order chi connectivity index (χ1) is 7.95. The Labute approximate surface area is 103 Å². The first kappa shape index (κ1) is 16.1. The maximum atomic E-state index is 10.9. The largest absolute Gasteiger partial charge is 0.448 e. The van der Waals surface area contributed by atoms with Crippen LogP contribution in [0.4, 0.5) is 0 Å². The predicted octanol–water partition coefficient (Wildman–Crippen LogP) is 2.64. The number of allylic oxidation sites excluding steroid dienone is 1. The Balaban J connectivity index is 3.34. The number of unbranched alkanes of at least 4 members (excludes halogenated alkanes) is 6. The molecule has 0 saturated carbocycles. The van der Waals surface area contributed by atoms with Gasteiger partial charge in [0.15, 0.2) is 0 Å². The Morgan fingerprint density at radius 1 is 1.12 bits per heavy atom. The third-order valence-electron chi connectivity index (χ3n) is 2.24. The van der Waals surface area contributed by atoms with Crippen LogP contribution >= 0.6 is 0 Å². The SMILES string of the molecule is C=CCCCCCCCCC(=O)OS(=O)(=O)O. The highest BCUT2D eigenvalue weighted by atomic mass is 32.3. The van der Waals surface area contributed by atoms with Gasteiger partial charge in [-0.3, -0.25) is 9.35 Å². The first-order valence-corrected chi connectivity index (χ1v) is 7.13. The lowest BCUT2D eigenvalue weighted by Gasteiger charge is -2.01. The third-order valence-corrected chi connectivity index (χ3v) is 2.63. The summed E-state index contributed by atoms with van der Waals surface area (Å²) in [6.07, 6.45) is 8.76. The van der Waals surface area contributed by atoms with Crippen molar-refractivity contribution in [3.63, 3.8) is 0 Å². The highest BCUT2D eigenvalue weighted by molar-refractivity contribution is 7.81. The van der Waals surface area contributed by atoms with Crippen LogP contribution in [0, 0.1) is 0 Å². The second-order valence-electron chi connectivity index (χ2n) is 3.83. The summed E-state index contributed by atoms with van der Waals surface area (Å²) in [6, 6.07) is 0. The number of carbonyl (C=O) groups is 1. The molecule has 0 aromatic rings.